The Morgan fingerprint density at radius 3 is 2.79 bits per heavy atom. The van der Waals surface area contributed by atoms with Crippen LogP contribution in [0, 0.1) is 0 Å². The van der Waals surface area contributed by atoms with Gasteiger partial charge >= 0.3 is 6.03 Å². The zero-order valence-corrected chi connectivity index (χ0v) is 9.09. The van der Waals surface area contributed by atoms with E-state index in [0.717, 1.165) is 4.47 Å². The third-order valence-electron chi connectivity index (χ3n) is 1.50. The molecular formula is C8H10BrN3O2. The van der Waals surface area contributed by atoms with Gasteiger partial charge < -0.3 is 10.1 Å². The number of nitrogens with one attached hydrogen (secondary N) is 2. The first-order valence-electron chi connectivity index (χ1n) is 3.78. The molecular weight excluding hydrogens is 250 g/mol. The number of carbonyl (C=O) groups is 1. The lowest BCUT2D eigenvalue weighted by atomic mass is 10.3. The molecule has 0 fully saturated rings. The van der Waals surface area contributed by atoms with Gasteiger partial charge in [0, 0.05) is 16.2 Å². The molecule has 0 heterocycles. The number of amides is 2. The number of benzene rings is 1. The van der Waals surface area contributed by atoms with E-state index in [1.54, 1.807) is 25.3 Å². The third kappa shape index (κ3) is 2.90. The molecule has 5 nitrogen and oxygen atoms in total. The normalized spacial score (nSPS) is 9.36. The summed E-state index contributed by atoms with van der Waals surface area (Å²) in [4.78, 5) is 10.9. The Bertz CT molecular complexity index is 343. The van der Waals surface area contributed by atoms with E-state index in [1.807, 2.05) is 5.43 Å². The van der Waals surface area contributed by atoms with E-state index in [9.17, 15) is 4.79 Å². The molecule has 76 valence electrons. The van der Waals surface area contributed by atoms with Gasteiger partial charge in [0.15, 0.2) is 0 Å². The van der Waals surface area contributed by atoms with Crippen LogP contribution in [0.4, 0.5) is 10.5 Å². The molecule has 0 atom stereocenters. The Hall–Kier alpha value is -1.27. The summed E-state index contributed by atoms with van der Waals surface area (Å²) < 4.78 is 5.83. The second-order valence-corrected chi connectivity index (χ2v) is 3.39. The van der Waals surface area contributed by atoms with Gasteiger partial charge in [-0.1, -0.05) is 15.9 Å². The minimum atomic E-state index is -0.481. The molecule has 1 rings (SSSR count). The molecule has 0 aliphatic heterocycles. The molecule has 0 aromatic heterocycles. The lowest BCUT2D eigenvalue weighted by Gasteiger charge is -2.07. The van der Waals surface area contributed by atoms with Crippen molar-refractivity contribution in [2.24, 2.45) is 5.84 Å². The largest absolute Gasteiger partial charge is 0.497 e. The summed E-state index contributed by atoms with van der Waals surface area (Å²) >= 11 is 3.28. The molecule has 0 aliphatic carbocycles. The molecule has 4 N–H and O–H groups in total. The van der Waals surface area contributed by atoms with Crippen LogP contribution in [0.15, 0.2) is 22.7 Å². The van der Waals surface area contributed by atoms with Gasteiger partial charge in [-0.05, 0) is 12.1 Å². The van der Waals surface area contributed by atoms with Crippen LogP contribution in [0.1, 0.15) is 0 Å². The smallest absolute Gasteiger partial charge is 0.333 e. The Morgan fingerprint density at radius 2 is 2.21 bits per heavy atom. The van der Waals surface area contributed by atoms with E-state index < -0.39 is 6.03 Å². The fourth-order valence-electron chi connectivity index (χ4n) is 0.920. The summed E-state index contributed by atoms with van der Waals surface area (Å²) in [5.41, 5.74) is 2.56. The molecule has 0 unspecified atom stereocenters. The van der Waals surface area contributed by atoms with Gasteiger partial charge in [0.1, 0.15) is 5.75 Å². The highest BCUT2D eigenvalue weighted by Crippen LogP contribution is 2.24. The third-order valence-corrected chi connectivity index (χ3v) is 1.95. The highest BCUT2D eigenvalue weighted by Gasteiger charge is 2.02. The van der Waals surface area contributed by atoms with Crippen molar-refractivity contribution in [2.75, 3.05) is 12.4 Å². The van der Waals surface area contributed by atoms with Crippen LogP contribution in [0.2, 0.25) is 0 Å². The molecule has 0 radical (unpaired) electrons. The van der Waals surface area contributed by atoms with Crippen LogP contribution >= 0.6 is 15.9 Å². The van der Waals surface area contributed by atoms with Crippen LogP contribution in [0.25, 0.3) is 0 Å². The van der Waals surface area contributed by atoms with E-state index >= 15 is 0 Å². The Balaban J connectivity index is 2.86. The van der Waals surface area contributed by atoms with E-state index in [1.165, 1.54) is 0 Å². The first-order chi connectivity index (χ1) is 6.65. The zero-order valence-electron chi connectivity index (χ0n) is 7.50. The first-order valence-corrected chi connectivity index (χ1v) is 4.57. The number of ether oxygens (including phenoxy) is 1. The Kier molecular flexibility index (Phi) is 3.73. The standard InChI is InChI=1S/C8H10BrN3O2/c1-14-7-3-5(9)2-6(4-7)11-8(13)12-10/h2-4H,10H2,1H3,(H2,11,12,13). The number of methoxy groups -OCH3 is 1. The average Bonchev–Trinajstić information content (AvgIpc) is 2.16. The van der Waals surface area contributed by atoms with Crippen LogP contribution in [-0.4, -0.2) is 13.1 Å². The van der Waals surface area contributed by atoms with Crippen molar-refractivity contribution in [3.05, 3.63) is 22.7 Å². The molecule has 6 heteroatoms. The number of halogens is 1. The monoisotopic (exact) mass is 259 g/mol. The maximum absolute atomic E-state index is 10.9. The second-order valence-electron chi connectivity index (χ2n) is 2.48. The minimum absolute atomic E-state index is 0.481. The number of hydrogen-bond acceptors (Lipinski definition) is 3. The van der Waals surface area contributed by atoms with Crippen molar-refractivity contribution in [1.82, 2.24) is 5.43 Å². The van der Waals surface area contributed by atoms with Gasteiger partial charge in [-0.3, -0.25) is 5.43 Å². The van der Waals surface area contributed by atoms with Crippen LogP contribution in [0.5, 0.6) is 5.75 Å². The minimum Gasteiger partial charge on any atom is -0.497 e. The Labute approximate surface area is 89.7 Å². The lowest BCUT2D eigenvalue weighted by molar-refractivity contribution is 0.252. The summed E-state index contributed by atoms with van der Waals surface area (Å²) in [7, 11) is 1.55. The molecule has 0 saturated heterocycles. The van der Waals surface area contributed by atoms with E-state index in [4.69, 9.17) is 10.6 Å². The van der Waals surface area contributed by atoms with Crippen molar-refractivity contribution in [2.45, 2.75) is 0 Å². The number of rotatable bonds is 2. The quantitative estimate of drug-likeness (QED) is 0.428. The highest BCUT2D eigenvalue weighted by atomic mass is 79.9. The predicted octanol–water partition coefficient (Wildman–Crippen LogP) is 1.45. The predicted molar refractivity (Wildman–Crippen MR) is 57.0 cm³/mol. The fourth-order valence-corrected chi connectivity index (χ4v) is 1.39. The maximum Gasteiger partial charge on any atom is 0.333 e. The number of anilines is 1. The molecule has 14 heavy (non-hydrogen) atoms. The summed E-state index contributed by atoms with van der Waals surface area (Å²) in [6, 6.07) is 4.72. The molecule has 2 amide bonds. The van der Waals surface area contributed by atoms with Gasteiger partial charge in [0.25, 0.3) is 0 Å². The van der Waals surface area contributed by atoms with Crippen LogP contribution in [-0.2, 0) is 0 Å². The second kappa shape index (κ2) is 4.83. The zero-order chi connectivity index (χ0) is 10.6. The maximum atomic E-state index is 10.9. The van der Waals surface area contributed by atoms with Crippen molar-refractivity contribution in [1.29, 1.82) is 0 Å². The lowest BCUT2D eigenvalue weighted by Crippen LogP contribution is -2.34. The van der Waals surface area contributed by atoms with E-state index in [0.29, 0.717) is 11.4 Å². The summed E-state index contributed by atoms with van der Waals surface area (Å²) in [5.74, 6) is 5.57. The SMILES string of the molecule is COc1cc(Br)cc(NC(=O)NN)c1. The topological polar surface area (TPSA) is 76.4 Å². The highest BCUT2D eigenvalue weighted by molar-refractivity contribution is 9.10. The van der Waals surface area contributed by atoms with E-state index in [-0.39, 0.29) is 0 Å². The van der Waals surface area contributed by atoms with Gasteiger partial charge in [0.05, 0.1) is 7.11 Å². The number of hydrogen-bond donors (Lipinski definition) is 3. The summed E-state index contributed by atoms with van der Waals surface area (Å²) in [6.07, 6.45) is 0. The molecule has 0 saturated carbocycles. The van der Waals surface area contributed by atoms with Gasteiger partial charge in [0.2, 0.25) is 0 Å². The molecule has 0 aliphatic rings. The van der Waals surface area contributed by atoms with Gasteiger partial charge in [-0.2, -0.15) is 0 Å². The average molecular weight is 260 g/mol. The fraction of sp³-hybridized carbons (Fsp3) is 0.125. The molecule has 0 spiro atoms. The number of urea groups is 1. The molecule has 1 aromatic rings. The number of nitrogens with two attached hydrogens (primary N) is 1. The Morgan fingerprint density at radius 1 is 1.50 bits per heavy atom. The summed E-state index contributed by atoms with van der Waals surface area (Å²) in [6.45, 7) is 0. The van der Waals surface area contributed by atoms with Crippen LogP contribution in [0.3, 0.4) is 0 Å². The van der Waals surface area contributed by atoms with Crippen molar-refractivity contribution in [3.63, 3.8) is 0 Å². The van der Waals surface area contributed by atoms with Gasteiger partial charge in [-0.25, -0.2) is 10.6 Å². The number of carbonyl (C=O) groups excluding carboxylic acids is 1. The molecule has 1 aromatic carbocycles. The molecule has 0 bridgehead atoms. The van der Waals surface area contributed by atoms with E-state index in [2.05, 4.69) is 21.2 Å². The van der Waals surface area contributed by atoms with Crippen molar-refractivity contribution in [3.8, 4) is 5.75 Å². The van der Waals surface area contributed by atoms with Gasteiger partial charge in [-0.15, -0.1) is 0 Å². The van der Waals surface area contributed by atoms with Crippen molar-refractivity contribution < 1.29 is 9.53 Å². The summed E-state index contributed by atoms with van der Waals surface area (Å²) in [5, 5.41) is 2.52. The number of hydrazine groups is 1. The van der Waals surface area contributed by atoms with Crippen molar-refractivity contribution >= 4 is 27.6 Å². The van der Waals surface area contributed by atoms with Crippen LogP contribution < -0.4 is 21.3 Å². The first kappa shape index (κ1) is 10.8.